The highest BCUT2D eigenvalue weighted by atomic mass is 19.4. The molecule has 1 aliphatic heterocycles. The van der Waals surface area contributed by atoms with Crippen LogP contribution in [0.25, 0.3) is 0 Å². The fourth-order valence-electron chi connectivity index (χ4n) is 4.85. The van der Waals surface area contributed by atoms with Gasteiger partial charge in [-0.15, -0.1) is 0 Å². The van der Waals surface area contributed by atoms with Crippen molar-refractivity contribution in [2.24, 2.45) is 5.92 Å². The van der Waals surface area contributed by atoms with Crippen LogP contribution in [0.4, 0.5) is 13.2 Å². The molecular weight excluding hydrogens is 457 g/mol. The third kappa shape index (κ3) is 7.13. The van der Waals surface area contributed by atoms with E-state index >= 15 is 0 Å². The van der Waals surface area contributed by atoms with Gasteiger partial charge in [0.1, 0.15) is 0 Å². The molecular formula is C27H35F3N2O3. The first-order valence-electron chi connectivity index (χ1n) is 12.2. The van der Waals surface area contributed by atoms with Crippen molar-refractivity contribution >= 4 is 5.91 Å². The lowest BCUT2D eigenvalue weighted by atomic mass is 9.84. The summed E-state index contributed by atoms with van der Waals surface area (Å²) in [4.78, 5) is 16.6. The van der Waals surface area contributed by atoms with Gasteiger partial charge in [0.25, 0.3) is 0 Å². The number of piperidine rings is 1. The number of amides is 1. The van der Waals surface area contributed by atoms with Gasteiger partial charge in [0.05, 0.1) is 12.2 Å². The molecule has 1 atom stereocenters. The number of phenolic OH excluding ortho intramolecular Hbond substituents is 1. The van der Waals surface area contributed by atoms with Gasteiger partial charge in [0.15, 0.2) is 11.5 Å². The number of rotatable bonds is 9. The molecule has 0 aromatic heterocycles. The van der Waals surface area contributed by atoms with Gasteiger partial charge in [-0.2, -0.15) is 13.2 Å². The minimum Gasteiger partial charge on any atom is -0.504 e. The van der Waals surface area contributed by atoms with Crippen LogP contribution in [0.2, 0.25) is 0 Å². The number of carbonyl (C=O) groups excluding carboxylic acids is 1. The summed E-state index contributed by atoms with van der Waals surface area (Å²) < 4.78 is 45.1. The topological polar surface area (TPSA) is 53.0 Å². The van der Waals surface area contributed by atoms with Crippen molar-refractivity contribution in [1.29, 1.82) is 0 Å². The Labute approximate surface area is 205 Å². The molecule has 0 saturated carbocycles. The molecule has 0 radical (unpaired) electrons. The first-order chi connectivity index (χ1) is 16.6. The largest absolute Gasteiger partial charge is 0.504 e. The second-order valence-corrected chi connectivity index (χ2v) is 9.18. The first-order valence-corrected chi connectivity index (χ1v) is 12.2. The van der Waals surface area contributed by atoms with Crippen molar-refractivity contribution in [3.8, 4) is 11.5 Å². The summed E-state index contributed by atoms with van der Waals surface area (Å²) in [6, 6.07) is 10.7. The molecule has 1 aliphatic rings. The highest BCUT2D eigenvalue weighted by molar-refractivity contribution is 5.75. The van der Waals surface area contributed by atoms with Gasteiger partial charge in [0.2, 0.25) is 5.91 Å². The van der Waals surface area contributed by atoms with E-state index < -0.39 is 11.7 Å². The number of hydrogen-bond donors (Lipinski definition) is 1. The zero-order valence-corrected chi connectivity index (χ0v) is 20.6. The Hall–Kier alpha value is -2.74. The fourth-order valence-corrected chi connectivity index (χ4v) is 4.85. The average molecular weight is 493 g/mol. The summed E-state index contributed by atoms with van der Waals surface area (Å²) in [7, 11) is 1.77. The molecule has 1 N–H and O–H groups in total. The van der Waals surface area contributed by atoms with E-state index in [0.29, 0.717) is 30.8 Å². The number of benzene rings is 2. The smallest absolute Gasteiger partial charge is 0.416 e. The Morgan fingerprint density at radius 1 is 1.14 bits per heavy atom. The molecule has 1 amide bonds. The maximum absolute atomic E-state index is 13.2. The maximum atomic E-state index is 13.2. The minimum atomic E-state index is -4.39. The van der Waals surface area contributed by atoms with Crippen LogP contribution in [0, 0.1) is 5.92 Å². The maximum Gasteiger partial charge on any atom is 0.416 e. The standard InChI is InChI=1S/C27H35F3N2O3/c1-4-26(34)31(3)23(16-19-7-6-8-22(15-19)27(28,29)30)21-11-13-32(14-12-21)18-20-9-10-24(33)25(17-20)35-5-2/h6-10,15,17,21,23,33H,4-5,11-14,16,18H2,1-3H3/t23-/m0/s1. The fraction of sp³-hybridized carbons (Fsp3) is 0.519. The third-order valence-corrected chi connectivity index (χ3v) is 6.80. The van der Waals surface area contributed by atoms with E-state index in [1.54, 1.807) is 31.0 Å². The zero-order valence-electron chi connectivity index (χ0n) is 20.6. The van der Waals surface area contributed by atoms with Crippen molar-refractivity contribution in [3.63, 3.8) is 0 Å². The van der Waals surface area contributed by atoms with Gasteiger partial charge >= 0.3 is 6.18 Å². The van der Waals surface area contributed by atoms with Crippen molar-refractivity contribution in [2.45, 2.75) is 58.3 Å². The lowest BCUT2D eigenvalue weighted by Gasteiger charge is -2.40. The summed E-state index contributed by atoms with van der Waals surface area (Å²) in [5, 5.41) is 9.93. The Kier molecular flexibility index (Phi) is 9.05. The van der Waals surface area contributed by atoms with Crippen LogP contribution in [0.15, 0.2) is 42.5 Å². The number of carbonyl (C=O) groups is 1. The number of nitrogens with zero attached hydrogens (tertiary/aromatic N) is 2. The molecule has 0 bridgehead atoms. The van der Waals surface area contributed by atoms with E-state index in [1.807, 2.05) is 19.1 Å². The van der Waals surface area contributed by atoms with Crippen LogP contribution in [0.5, 0.6) is 11.5 Å². The monoisotopic (exact) mass is 492 g/mol. The molecule has 1 saturated heterocycles. The quantitative estimate of drug-likeness (QED) is 0.502. The van der Waals surface area contributed by atoms with E-state index in [-0.39, 0.29) is 23.6 Å². The molecule has 1 fully saturated rings. The Balaban J connectivity index is 1.69. The van der Waals surface area contributed by atoms with E-state index in [0.717, 1.165) is 44.1 Å². The Bertz CT molecular complexity index is 988. The van der Waals surface area contributed by atoms with E-state index in [2.05, 4.69) is 4.90 Å². The molecule has 0 unspecified atom stereocenters. The number of likely N-dealkylation sites (tertiary alicyclic amines) is 1. The van der Waals surface area contributed by atoms with Crippen molar-refractivity contribution in [3.05, 3.63) is 59.2 Å². The van der Waals surface area contributed by atoms with Gasteiger partial charge in [0, 0.05) is 26.1 Å². The molecule has 5 nitrogen and oxygen atoms in total. The summed E-state index contributed by atoms with van der Waals surface area (Å²) in [5.41, 5.74) is 0.979. The normalized spacial score (nSPS) is 16.2. The van der Waals surface area contributed by atoms with Crippen LogP contribution in [-0.4, -0.2) is 53.6 Å². The van der Waals surface area contributed by atoms with Crippen LogP contribution in [0.1, 0.15) is 49.8 Å². The number of alkyl halides is 3. The summed E-state index contributed by atoms with van der Waals surface area (Å²) in [6.45, 7) is 6.50. The highest BCUT2D eigenvalue weighted by Gasteiger charge is 2.33. The minimum absolute atomic E-state index is 0.00282. The molecule has 8 heteroatoms. The summed E-state index contributed by atoms with van der Waals surface area (Å²) in [5.74, 6) is 0.785. The SMILES string of the molecule is CCOc1cc(CN2CCC([C@H](Cc3cccc(C(F)(F)F)c3)N(C)C(=O)CC)CC2)ccc1O. The predicted octanol–water partition coefficient (Wildman–Crippen LogP) is 5.50. The van der Waals surface area contributed by atoms with Gasteiger partial charge in [-0.3, -0.25) is 9.69 Å². The van der Waals surface area contributed by atoms with E-state index in [4.69, 9.17) is 4.74 Å². The molecule has 1 heterocycles. The number of ether oxygens (including phenoxy) is 1. The van der Waals surface area contributed by atoms with Crippen LogP contribution >= 0.6 is 0 Å². The third-order valence-electron chi connectivity index (χ3n) is 6.80. The van der Waals surface area contributed by atoms with Crippen LogP contribution < -0.4 is 4.74 Å². The lowest BCUT2D eigenvalue weighted by molar-refractivity contribution is -0.138. The Morgan fingerprint density at radius 3 is 2.49 bits per heavy atom. The first kappa shape index (κ1) is 26.9. The number of halogens is 3. The molecule has 192 valence electrons. The molecule has 0 aliphatic carbocycles. The number of hydrogen-bond acceptors (Lipinski definition) is 4. The number of phenols is 1. The second kappa shape index (κ2) is 11.8. The van der Waals surface area contributed by atoms with Gasteiger partial charge < -0.3 is 14.7 Å². The molecule has 2 aromatic carbocycles. The summed E-state index contributed by atoms with van der Waals surface area (Å²) in [6.07, 6.45) is -1.94. The average Bonchev–Trinajstić information content (AvgIpc) is 2.84. The van der Waals surface area contributed by atoms with E-state index in [1.165, 1.54) is 12.1 Å². The van der Waals surface area contributed by atoms with Crippen molar-refractivity contribution in [1.82, 2.24) is 9.80 Å². The molecule has 2 aromatic rings. The van der Waals surface area contributed by atoms with Crippen LogP contribution in [0.3, 0.4) is 0 Å². The van der Waals surface area contributed by atoms with E-state index in [9.17, 15) is 23.1 Å². The lowest BCUT2D eigenvalue weighted by Crippen LogP contribution is -2.47. The summed E-state index contributed by atoms with van der Waals surface area (Å²) >= 11 is 0. The van der Waals surface area contributed by atoms with Gasteiger partial charge in [-0.25, -0.2) is 0 Å². The number of likely N-dealkylation sites (N-methyl/N-ethyl adjacent to an activating group) is 1. The van der Waals surface area contributed by atoms with Crippen molar-refractivity contribution in [2.75, 3.05) is 26.7 Å². The predicted molar refractivity (Wildman–Crippen MR) is 129 cm³/mol. The molecule has 3 rings (SSSR count). The zero-order chi connectivity index (χ0) is 25.6. The molecule has 35 heavy (non-hydrogen) atoms. The van der Waals surface area contributed by atoms with Crippen LogP contribution in [-0.2, 0) is 23.9 Å². The van der Waals surface area contributed by atoms with Gasteiger partial charge in [-0.05, 0) is 74.5 Å². The van der Waals surface area contributed by atoms with Gasteiger partial charge in [-0.1, -0.05) is 31.2 Å². The Morgan fingerprint density at radius 2 is 1.86 bits per heavy atom. The molecule has 0 spiro atoms. The second-order valence-electron chi connectivity index (χ2n) is 9.18. The van der Waals surface area contributed by atoms with Crippen molar-refractivity contribution < 1.29 is 27.8 Å². The number of aromatic hydroxyl groups is 1. The highest BCUT2D eigenvalue weighted by Crippen LogP contribution is 2.32.